The molecule has 1 aliphatic heterocycles. The number of hydrazone groups is 1. The maximum atomic E-state index is 14.1. The fourth-order valence-electron chi connectivity index (χ4n) is 2.40. The summed E-state index contributed by atoms with van der Waals surface area (Å²) in [7, 11) is 0. The Hall–Kier alpha value is -1.95. The molecule has 6 heteroatoms. The molecule has 2 rings (SSSR count). The lowest BCUT2D eigenvalue weighted by molar-refractivity contribution is 0.183. The van der Waals surface area contributed by atoms with Crippen LogP contribution in [0.5, 0.6) is 0 Å². The van der Waals surface area contributed by atoms with Crippen LogP contribution in [0.1, 0.15) is 30.9 Å². The van der Waals surface area contributed by atoms with E-state index in [4.69, 9.17) is 5.73 Å². The monoisotopic (exact) mass is 292 g/mol. The molecule has 114 valence electrons. The SMILES string of the molecule is CC1CCN(Cc2ccc(C=NNC(N)=O)cc2F)CC1. The molecule has 0 spiro atoms. The number of carbonyl (C=O) groups excluding carboxylic acids is 1. The Morgan fingerprint density at radius 3 is 2.86 bits per heavy atom. The van der Waals surface area contributed by atoms with Gasteiger partial charge < -0.3 is 5.73 Å². The number of rotatable bonds is 4. The first-order valence-corrected chi connectivity index (χ1v) is 7.14. The van der Waals surface area contributed by atoms with Crippen LogP contribution in [0.4, 0.5) is 9.18 Å². The first-order valence-electron chi connectivity index (χ1n) is 7.14. The minimum atomic E-state index is -0.748. The Labute approximate surface area is 124 Å². The first-order chi connectivity index (χ1) is 10.0. The summed E-state index contributed by atoms with van der Waals surface area (Å²) in [6, 6.07) is 4.20. The first kappa shape index (κ1) is 15.4. The molecule has 0 aromatic heterocycles. The molecule has 1 aliphatic rings. The minimum absolute atomic E-state index is 0.253. The zero-order valence-electron chi connectivity index (χ0n) is 12.2. The lowest BCUT2D eigenvalue weighted by atomic mass is 9.98. The normalized spacial score (nSPS) is 17.2. The molecule has 3 N–H and O–H groups in total. The van der Waals surface area contributed by atoms with Crippen molar-refractivity contribution in [3.05, 3.63) is 35.1 Å². The Bertz CT molecular complexity index is 524. The van der Waals surface area contributed by atoms with E-state index in [9.17, 15) is 9.18 Å². The molecule has 21 heavy (non-hydrogen) atoms. The Morgan fingerprint density at radius 2 is 2.24 bits per heavy atom. The van der Waals surface area contributed by atoms with Crippen molar-refractivity contribution in [2.75, 3.05) is 13.1 Å². The van der Waals surface area contributed by atoms with E-state index in [1.165, 1.54) is 25.1 Å². The van der Waals surface area contributed by atoms with Crippen LogP contribution in [-0.4, -0.2) is 30.2 Å². The van der Waals surface area contributed by atoms with Crippen molar-refractivity contribution < 1.29 is 9.18 Å². The Kier molecular flexibility index (Phi) is 5.27. The van der Waals surface area contributed by atoms with Gasteiger partial charge in [-0.1, -0.05) is 19.1 Å². The van der Waals surface area contributed by atoms with Crippen molar-refractivity contribution in [1.82, 2.24) is 10.3 Å². The van der Waals surface area contributed by atoms with Gasteiger partial charge in [0.05, 0.1) is 6.21 Å². The molecule has 0 radical (unpaired) electrons. The molecule has 0 aliphatic carbocycles. The van der Waals surface area contributed by atoms with Crippen molar-refractivity contribution >= 4 is 12.2 Å². The van der Waals surface area contributed by atoms with E-state index in [-0.39, 0.29) is 5.82 Å². The van der Waals surface area contributed by atoms with Gasteiger partial charge in [-0.2, -0.15) is 5.10 Å². The largest absolute Gasteiger partial charge is 0.350 e. The standard InChI is InChI=1S/C15H21FN4O/c1-11-4-6-20(7-5-11)10-13-3-2-12(8-14(13)16)9-18-19-15(17)21/h2-3,8-9,11H,4-7,10H2,1H3,(H3,17,19,21). The van der Waals surface area contributed by atoms with Crippen molar-refractivity contribution in [3.8, 4) is 0 Å². The van der Waals surface area contributed by atoms with Crippen LogP contribution >= 0.6 is 0 Å². The molecule has 0 saturated carbocycles. The molecule has 1 saturated heterocycles. The molecule has 2 amide bonds. The number of amides is 2. The van der Waals surface area contributed by atoms with Gasteiger partial charge in [0, 0.05) is 12.1 Å². The van der Waals surface area contributed by atoms with Crippen molar-refractivity contribution in [1.29, 1.82) is 0 Å². The number of nitrogens with zero attached hydrogens (tertiary/aromatic N) is 2. The van der Waals surface area contributed by atoms with Crippen molar-refractivity contribution in [2.24, 2.45) is 16.8 Å². The number of nitrogens with one attached hydrogen (secondary N) is 1. The van der Waals surface area contributed by atoms with Crippen LogP contribution in [0.3, 0.4) is 0 Å². The second kappa shape index (κ2) is 7.17. The van der Waals surface area contributed by atoms with Crippen LogP contribution in [0, 0.1) is 11.7 Å². The maximum Gasteiger partial charge on any atom is 0.332 e. The Balaban J connectivity index is 1.95. The number of benzene rings is 1. The number of hydrogen-bond donors (Lipinski definition) is 2. The molecule has 1 heterocycles. The summed E-state index contributed by atoms with van der Waals surface area (Å²) in [5, 5.41) is 3.61. The topological polar surface area (TPSA) is 70.7 Å². The van der Waals surface area contributed by atoms with Crippen LogP contribution in [0.2, 0.25) is 0 Å². The quantitative estimate of drug-likeness (QED) is 0.658. The van der Waals surface area contributed by atoms with Crippen LogP contribution < -0.4 is 11.2 Å². The summed E-state index contributed by atoms with van der Waals surface area (Å²) in [6.45, 7) is 4.93. The number of primary amides is 1. The smallest absolute Gasteiger partial charge is 0.332 e. The molecule has 1 aromatic rings. The number of hydrogen-bond acceptors (Lipinski definition) is 3. The number of likely N-dealkylation sites (tertiary alicyclic amines) is 1. The predicted molar refractivity (Wildman–Crippen MR) is 80.4 cm³/mol. The number of halogens is 1. The molecule has 5 nitrogen and oxygen atoms in total. The van der Waals surface area contributed by atoms with E-state index in [2.05, 4.69) is 22.4 Å². The molecule has 1 fully saturated rings. The zero-order chi connectivity index (χ0) is 15.2. The van der Waals surface area contributed by atoms with Gasteiger partial charge in [0.2, 0.25) is 0 Å². The molecular formula is C15H21FN4O. The number of urea groups is 1. The lowest BCUT2D eigenvalue weighted by Crippen LogP contribution is -2.32. The number of piperidine rings is 1. The third-order valence-corrected chi connectivity index (χ3v) is 3.74. The second-order valence-electron chi connectivity index (χ2n) is 5.54. The van der Waals surface area contributed by atoms with E-state index in [1.807, 2.05) is 0 Å². The average Bonchev–Trinajstić information content (AvgIpc) is 2.44. The van der Waals surface area contributed by atoms with Gasteiger partial charge in [-0.25, -0.2) is 14.6 Å². The van der Waals surface area contributed by atoms with Gasteiger partial charge in [0.1, 0.15) is 5.82 Å². The maximum absolute atomic E-state index is 14.1. The fourth-order valence-corrected chi connectivity index (χ4v) is 2.40. The summed E-state index contributed by atoms with van der Waals surface area (Å²) >= 11 is 0. The highest BCUT2D eigenvalue weighted by molar-refractivity contribution is 5.81. The molecular weight excluding hydrogens is 271 g/mol. The highest BCUT2D eigenvalue weighted by Gasteiger charge is 2.16. The highest BCUT2D eigenvalue weighted by atomic mass is 19.1. The third kappa shape index (κ3) is 4.82. The molecule has 0 bridgehead atoms. The van der Waals surface area contributed by atoms with Crippen LogP contribution in [-0.2, 0) is 6.54 Å². The van der Waals surface area contributed by atoms with E-state index in [0.717, 1.165) is 19.0 Å². The Morgan fingerprint density at radius 1 is 1.52 bits per heavy atom. The summed E-state index contributed by atoms with van der Waals surface area (Å²) < 4.78 is 14.1. The van der Waals surface area contributed by atoms with Crippen molar-refractivity contribution in [3.63, 3.8) is 0 Å². The fraction of sp³-hybridized carbons (Fsp3) is 0.467. The van der Waals surface area contributed by atoms with Gasteiger partial charge in [0.25, 0.3) is 0 Å². The van der Waals surface area contributed by atoms with Gasteiger partial charge >= 0.3 is 6.03 Å². The number of nitrogens with two attached hydrogens (primary N) is 1. The van der Waals surface area contributed by atoms with Gasteiger partial charge in [-0.15, -0.1) is 0 Å². The molecule has 0 unspecified atom stereocenters. The second-order valence-corrected chi connectivity index (χ2v) is 5.54. The van der Waals surface area contributed by atoms with Crippen LogP contribution in [0.15, 0.2) is 23.3 Å². The van der Waals surface area contributed by atoms with E-state index >= 15 is 0 Å². The van der Waals surface area contributed by atoms with E-state index < -0.39 is 6.03 Å². The van der Waals surface area contributed by atoms with E-state index in [1.54, 1.807) is 12.1 Å². The molecule has 0 atom stereocenters. The summed E-state index contributed by atoms with van der Waals surface area (Å²) in [5.74, 6) is 0.513. The van der Waals surface area contributed by atoms with Crippen LogP contribution in [0.25, 0.3) is 0 Å². The van der Waals surface area contributed by atoms with Crippen molar-refractivity contribution in [2.45, 2.75) is 26.3 Å². The zero-order valence-corrected chi connectivity index (χ0v) is 12.2. The average molecular weight is 292 g/mol. The minimum Gasteiger partial charge on any atom is -0.350 e. The summed E-state index contributed by atoms with van der Waals surface area (Å²) in [5.41, 5.74) is 8.22. The number of carbonyl (C=O) groups is 1. The van der Waals surface area contributed by atoms with E-state index in [0.29, 0.717) is 17.7 Å². The third-order valence-electron chi connectivity index (χ3n) is 3.74. The predicted octanol–water partition coefficient (Wildman–Crippen LogP) is 2.06. The summed E-state index contributed by atoms with van der Waals surface area (Å²) in [6.07, 6.45) is 3.70. The summed E-state index contributed by atoms with van der Waals surface area (Å²) in [4.78, 5) is 12.8. The van der Waals surface area contributed by atoms with Gasteiger partial charge in [0.15, 0.2) is 0 Å². The van der Waals surface area contributed by atoms with Gasteiger partial charge in [-0.3, -0.25) is 4.90 Å². The molecule has 1 aromatic carbocycles. The van der Waals surface area contributed by atoms with Gasteiger partial charge in [-0.05, 0) is 43.5 Å². The highest BCUT2D eigenvalue weighted by Crippen LogP contribution is 2.19. The lowest BCUT2D eigenvalue weighted by Gasteiger charge is -2.30.